The number of rotatable bonds is 4. The average Bonchev–Trinajstić information content (AvgIpc) is 2.39. The Kier molecular flexibility index (Phi) is 5.82. The molecule has 0 heterocycles. The molecule has 0 bridgehead atoms. The molecule has 1 rings (SSSR count). The van der Waals surface area contributed by atoms with Gasteiger partial charge in [-0.25, -0.2) is 4.79 Å². The highest BCUT2D eigenvalue weighted by molar-refractivity contribution is 6.31. The molecule has 110 valence electrons. The van der Waals surface area contributed by atoms with Crippen LogP contribution < -0.4 is 15.4 Å². The van der Waals surface area contributed by atoms with Crippen LogP contribution in [0.4, 0.5) is 4.79 Å². The summed E-state index contributed by atoms with van der Waals surface area (Å²) in [4.78, 5) is 22.5. The molecule has 2 N–H and O–H groups in total. The average molecular weight is 299 g/mol. The minimum atomic E-state index is -0.560. The Labute approximate surface area is 123 Å². The van der Waals surface area contributed by atoms with Crippen molar-refractivity contribution in [1.82, 2.24) is 10.6 Å². The number of halogens is 1. The highest BCUT2D eigenvalue weighted by Gasteiger charge is 2.13. The van der Waals surface area contributed by atoms with E-state index in [1.54, 1.807) is 6.07 Å². The summed E-state index contributed by atoms with van der Waals surface area (Å²) in [6.45, 7) is 5.66. The van der Waals surface area contributed by atoms with Crippen LogP contribution in [-0.4, -0.2) is 25.6 Å². The molecule has 0 aliphatic heterocycles. The first kappa shape index (κ1) is 16.3. The molecule has 20 heavy (non-hydrogen) atoms. The lowest BCUT2D eigenvalue weighted by molar-refractivity contribution is -0.122. The van der Waals surface area contributed by atoms with Gasteiger partial charge in [0.05, 0.1) is 0 Å². The van der Waals surface area contributed by atoms with Crippen molar-refractivity contribution < 1.29 is 14.3 Å². The van der Waals surface area contributed by atoms with Crippen LogP contribution in [0.1, 0.15) is 30.9 Å². The lowest BCUT2D eigenvalue weighted by atomic mass is 10.0. The molecule has 0 saturated carbocycles. The summed E-state index contributed by atoms with van der Waals surface area (Å²) in [6, 6.07) is 3.08. The number of benzene rings is 1. The Balaban J connectivity index is 2.79. The van der Waals surface area contributed by atoms with Crippen molar-refractivity contribution in [2.24, 2.45) is 0 Å². The molecule has 0 spiro atoms. The molecule has 0 aliphatic rings. The van der Waals surface area contributed by atoms with Crippen LogP contribution in [-0.2, 0) is 4.79 Å². The van der Waals surface area contributed by atoms with Crippen molar-refractivity contribution >= 4 is 23.5 Å². The summed E-state index contributed by atoms with van der Waals surface area (Å²) in [5.41, 5.74) is 1.80. The van der Waals surface area contributed by atoms with Crippen molar-refractivity contribution in [3.05, 3.63) is 28.3 Å². The largest absolute Gasteiger partial charge is 0.483 e. The van der Waals surface area contributed by atoms with Crippen LogP contribution in [0.25, 0.3) is 0 Å². The van der Waals surface area contributed by atoms with Gasteiger partial charge in [-0.15, -0.1) is 0 Å². The van der Waals surface area contributed by atoms with Gasteiger partial charge >= 0.3 is 6.03 Å². The van der Waals surface area contributed by atoms with E-state index in [2.05, 4.69) is 10.6 Å². The Morgan fingerprint density at radius 2 is 2.00 bits per heavy atom. The molecular formula is C14H19ClN2O3. The van der Waals surface area contributed by atoms with Crippen molar-refractivity contribution in [3.8, 4) is 5.75 Å². The number of aryl methyl sites for hydroxylation is 1. The van der Waals surface area contributed by atoms with Gasteiger partial charge < -0.3 is 10.1 Å². The Morgan fingerprint density at radius 3 is 2.55 bits per heavy atom. The second-order valence-corrected chi connectivity index (χ2v) is 5.12. The number of urea groups is 1. The maximum absolute atomic E-state index is 11.5. The van der Waals surface area contributed by atoms with E-state index in [0.717, 1.165) is 11.1 Å². The van der Waals surface area contributed by atoms with Gasteiger partial charge in [-0.05, 0) is 36.1 Å². The van der Waals surface area contributed by atoms with E-state index in [9.17, 15) is 9.59 Å². The van der Waals surface area contributed by atoms with E-state index in [4.69, 9.17) is 16.3 Å². The molecule has 6 heteroatoms. The number of hydrogen-bond donors (Lipinski definition) is 2. The highest BCUT2D eigenvalue weighted by Crippen LogP contribution is 2.31. The predicted octanol–water partition coefficient (Wildman–Crippen LogP) is 2.61. The molecule has 0 unspecified atom stereocenters. The number of hydrogen-bond acceptors (Lipinski definition) is 3. The zero-order chi connectivity index (χ0) is 15.3. The van der Waals surface area contributed by atoms with Gasteiger partial charge in [-0.1, -0.05) is 25.4 Å². The van der Waals surface area contributed by atoms with Crippen molar-refractivity contribution in [3.63, 3.8) is 0 Å². The predicted molar refractivity (Wildman–Crippen MR) is 78.4 cm³/mol. The Bertz CT molecular complexity index is 515. The standard InChI is InChI=1S/C14H19ClN2O3/c1-8(2)10-6-11(15)9(3)5-12(10)20-7-13(18)17-14(19)16-4/h5-6,8H,7H2,1-4H3,(H2,16,17,18,19). The highest BCUT2D eigenvalue weighted by atomic mass is 35.5. The van der Waals surface area contributed by atoms with Gasteiger partial charge in [0.15, 0.2) is 6.61 Å². The van der Waals surface area contributed by atoms with Gasteiger partial charge in [0.2, 0.25) is 0 Å². The third-order valence-corrected chi connectivity index (χ3v) is 3.16. The molecule has 0 aliphatic carbocycles. The molecule has 0 radical (unpaired) electrons. The molecule has 0 saturated heterocycles. The van der Waals surface area contributed by atoms with E-state index in [0.29, 0.717) is 10.8 Å². The minimum absolute atomic E-state index is 0.213. The minimum Gasteiger partial charge on any atom is -0.483 e. The molecule has 1 aromatic carbocycles. The number of carbonyl (C=O) groups is 2. The van der Waals surface area contributed by atoms with Gasteiger partial charge in [0, 0.05) is 12.1 Å². The molecule has 0 aromatic heterocycles. The molecule has 0 fully saturated rings. The lowest BCUT2D eigenvalue weighted by Gasteiger charge is -2.15. The van der Waals surface area contributed by atoms with Crippen LogP contribution in [0.2, 0.25) is 5.02 Å². The molecular weight excluding hydrogens is 280 g/mol. The first-order valence-electron chi connectivity index (χ1n) is 6.29. The second kappa shape index (κ2) is 7.14. The van der Waals surface area contributed by atoms with E-state index >= 15 is 0 Å². The third-order valence-electron chi connectivity index (χ3n) is 2.75. The lowest BCUT2D eigenvalue weighted by Crippen LogP contribution is -2.40. The van der Waals surface area contributed by atoms with Crippen LogP contribution in [0.5, 0.6) is 5.75 Å². The number of carbonyl (C=O) groups excluding carboxylic acids is 2. The summed E-state index contributed by atoms with van der Waals surface area (Å²) in [5, 5.41) is 5.09. The maximum atomic E-state index is 11.5. The summed E-state index contributed by atoms with van der Waals surface area (Å²) in [6.07, 6.45) is 0. The normalized spacial score (nSPS) is 10.3. The number of amides is 3. The Hall–Kier alpha value is -1.75. The van der Waals surface area contributed by atoms with Crippen LogP contribution >= 0.6 is 11.6 Å². The van der Waals surface area contributed by atoms with Gasteiger partial charge in [0.25, 0.3) is 5.91 Å². The summed E-state index contributed by atoms with van der Waals surface area (Å²) < 4.78 is 5.49. The van der Waals surface area contributed by atoms with Crippen molar-refractivity contribution in [1.29, 1.82) is 0 Å². The second-order valence-electron chi connectivity index (χ2n) is 4.71. The van der Waals surface area contributed by atoms with Crippen LogP contribution in [0.3, 0.4) is 0 Å². The zero-order valence-corrected chi connectivity index (χ0v) is 12.8. The number of nitrogens with one attached hydrogen (secondary N) is 2. The number of imide groups is 1. The van der Waals surface area contributed by atoms with Gasteiger partial charge in [-0.3, -0.25) is 10.1 Å². The quantitative estimate of drug-likeness (QED) is 0.898. The first-order chi connectivity index (χ1) is 9.35. The summed E-state index contributed by atoms with van der Waals surface area (Å²) in [5.74, 6) is 0.311. The smallest absolute Gasteiger partial charge is 0.321 e. The zero-order valence-electron chi connectivity index (χ0n) is 12.0. The fourth-order valence-corrected chi connectivity index (χ4v) is 1.79. The summed E-state index contributed by atoms with van der Waals surface area (Å²) >= 11 is 6.09. The van der Waals surface area contributed by atoms with Crippen molar-refractivity contribution in [2.45, 2.75) is 26.7 Å². The topological polar surface area (TPSA) is 67.4 Å². The fourth-order valence-electron chi connectivity index (χ4n) is 1.62. The Morgan fingerprint density at radius 1 is 1.35 bits per heavy atom. The first-order valence-corrected chi connectivity index (χ1v) is 6.67. The van der Waals surface area contributed by atoms with Crippen LogP contribution in [0.15, 0.2) is 12.1 Å². The van der Waals surface area contributed by atoms with Crippen LogP contribution in [0, 0.1) is 6.92 Å². The van der Waals surface area contributed by atoms with Gasteiger partial charge in [0.1, 0.15) is 5.75 Å². The van der Waals surface area contributed by atoms with Gasteiger partial charge in [-0.2, -0.15) is 0 Å². The molecule has 3 amide bonds. The fraction of sp³-hybridized carbons (Fsp3) is 0.429. The number of ether oxygens (including phenoxy) is 1. The van der Waals surface area contributed by atoms with E-state index in [1.165, 1.54) is 7.05 Å². The van der Waals surface area contributed by atoms with E-state index in [1.807, 2.05) is 26.8 Å². The third kappa shape index (κ3) is 4.42. The monoisotopic (exact) mass is 298 g/mol. The summed E-state index contributed by atoms with van der Waals surface area (Å²) in [7, 11) is 1.43. The SMILES string of the molecule is CNC(=O)NC(=O)COc1cc(C)c(Cl)cc1C(C)C. The molecule has 0 atom stereocenters. The van der Waals surface area contributed by atoms with E-state index < -0.39 is 11.9 Å². The maximum Gasteiger partial charge on any atom is 0.321 e. The molecule has 5 nitrogen and oxygen atoms in total. The van der Waals surface area contributed by atoms with Crippen molar-refractivity contribution in [2.75, 3.05) is 13.7 Å². The molecule has 1 aromatic rings. The van der Waals surface area contributed by atoms with E-state index in [-0.39, 0.29) is 12.5 Å².